The number of thiazole rings is 1. The zero-order valence-electron chi connectivity index (χ0n) is 14.2. The van der Waals surface area contributed by atoms with E-state index >= 15 is 0 Å². The Kier molecular flexibility index (Phi) is 7.21. The van der Waals surface area contributed by atoms with E-state index in [1.807, 2.05) is 43.5 Å². The first-order valence-electron chi connectivity index (χ1n) is 8.31. The molecule has 2 unspecified atom stereocenters. The highest BCUT2D eigenvalue weighted by Crippen LogP contribution is 2.21. The second-order valence-corrected chi connectivity index (χ2v) is 6.83. The number of benzene rings is 1. The molecule has 1 heterocycles. The Morgan fingerprint density at radius 1 is 1.29 bits per heavy atom. The number of carbonyl (C=O) groups is 1. The van der Waals surface area contributed by atoms with Gasteiger partial charge < -0.3 is 15.7 Å². The normalized spacial score (nSPS) is 13.3. The number of hydrogen-bond acceptors (Lipinski definition) is 4. The van der Waals surface area contributed by atoms with Crippen LogP contribution in [-0.4, -0.2) is 22.7 Å². The van der Waals surface area contributed by atoms with Gasteiger partial charge in [-0.2, -0.15) is 0 Å². The van der Waals surface area contributed by atoms with Crippen LogP contribution < -0.4 is 10.6 Å². The molecule has 1 aromatic heterocycles. The minimum Gasteiger partial charge on any atom is -0.396 e. The summed E-state index contributed by atoms with van der Waals surface area (Å²) in [5.41, 5.74) is 1.04. The van der Waals surface area contributed by atoms with E-state index in [0.717, 1.165) is 17.0 Å². The van der Waals surface area contributed by atoms with Gasteiger partial charge in [0.15, 0.2) is 0 Å². The summed E-state index contributed by atoms with van der Waals surface area (Å²) in [5.74, 6) is 0. The molecular weight excluding hydrogens is 322 g/mol. The van der Waals surface area contributed by atoms with E-state index < -0.39 is 0 Å². The fraction of sp³-hybridized carbons (Fsp3) is 0.444. The molecule has 5 nitrogen and oxygen atoms in total. The number of hydrogen-bond donors (Lipinski definition) is 3. The number of nitrogens with zero attached hydrogens (tertiary/aromatic N) is 1. The Morgan fingerprint density at radius 3 is 2.67 bits per heavy atom. The fourth-order valence-corrected chi connectivity index (χ4v) is 3.31. The van der Waals surface area contributed by atoms with Gasteiger partial charge in [0.2, 0.25) is 0 Å². The number of aromatic nitrogens is 1. The lowest BCUT2D eigenvalue weighted by atomic mass is 10.0. The molecule has 1 aromatic carbocycles. The van der Waals surface area contributed by atoms with Crippen LogP contribution in [0.1, 0.15) is 54.2 Å². The lowest BCUT2D eigenvalue weighted by Crippen LogP contribution is -2.39. The Hall–Kier alpha value is -1.92. The smallest absolute Gasteiger partial charge is 0.315 e. The molecule has 2 amide bonds. The molecule has 0 saturated carbocycles. The first-order valence-corrected chi connectivity index (χ1v) is 9.13. The lowest BCUT2D eigenvalue weighted by molar-refractivity contribution is 0.230. The van der Waals surface area contributed by atoms with Crippen molar-refractivity contribution in [3.8, 4) is 0 Å². The summed E-state index contributed by atoms with van der Waals surface area (Å²) in [6, 6.07) is 9.35. The Morgan fingerprint density at radius 2 is 2.04 bits per heavy atom. The van der Waals surface area contributed by atoms with Crippen LogP contribution in [0.2, 0.25) is 0 Å². The largest absolute Gasteiger partial charge is 0.396 e. The van der Waals surface area contributed by atoms with Crippen LogP contribution >= 0.6 is 11.3 Å². The molecule has 2 rings (SSSR count). The van der Waals surface area contributed by atoms with E-state index in [9.17, 15) is 4.79 Å². The number of nitrogens with one attached hydrogen (secondary N) is 2. The summed E-state index contributed by atoms with van der Waals surface area (Å²) in [6.07, 6.45) is 4.15. The molecule has 0 aliphatic heterocycles. The molecule has 3 N–H and O–H groups in total. The summed E-state index contributed by atoms with van der Waals surface area (Å²) in [5, 5.41) is 15.9. The Balaban J connectivity index is 1.96. The molecule has 0 radical (unpaired) electrons. The highest BCUT2D eigenvalue weighted by molar-refractivity contribution is 7.11. The number of carbonyl (C=O) groups excluding carboxylic acids is 1. The molecule has 130 valence electrons. The molecule has 0 saturated heterocycles. The van der Waals surface area contributed by atoms with Crippen molar-refractivity contribution in [1.29, 1.82) is 0 Å². The zero-order chi connectivity index (χ0) is 17.4. The first-order chi connectivity index (χ1) is 11.6. The number of urea groups is 1. The van der Waals surface area contributed by atoms with Gasteiger partial charge in [0, 0.05) is 17.7 Å². The van der Waals surface area contributed by atoms with Crippen LogP contribution in [0.15, 0.2) is 36.5 Å². The second-order valence-electron chi connectivity index (χ2n) is 5.69. The summed E-state index contributed by atoms with van der Waals surface area (Å²) in [6.45, 7) is 4.14. The van der Waals surface area contributed by atoms with Crippen molar-refractivity contribution < 1.29 is 9.90 Å². The van der Waals surface area contributed by atoms with Crippen molar-refractivity contribution >= 4 is 17.4 Å². The van der Waals surface area contributed by atoms with Crippen LogP contribution in [0.4, 0.5) is 4.79 Å². The fourth-order valence-electron chi connectivity index (χ4n) is 2.45. The maximum atomic E-state index is 12.3. The zero-order valence-corrected chi connectivity index (χ0v) is 15.0. The van der Waals surface area contributed by atoms with Crippen molar-refractivity contribution in [1.82, 2.24) is 15.6 Å². The third kappa shape index (κ3) is 5.32. The third-order valence-corrected chi connectivity index (χ3v) is 5.12. The van der Waals surface area contributed by atoms with E-state index in [4.69, 9.17) is 5.11 Å². The maximum Gasteiger partial charge on any atom is 0.315 e. The van der Waals surface area contributed by atoms with Crippen LogP contribution in [0.3, 0.4) is 0 Å². The molecule has 24 heavy (non-hydrogen) atoms. The number of aliphatic hydroxyl groups excluding tert-OH is 1. The Labute approximate surface area is 147 Å². The number of aliphatic hydroxyl groups is 1. The van der Waals surface area contributed by atoms with E-state index in [1.54, 1.807) is 11.3 Å². The van der Waals surface area contributed by atoms with Crippen LogP contribution in [0.25, 0.3) is 0 Å². The number of rotatable bonds is 8. The highest BCUT2D eigenvalue weighted by atomic mass is 32.1. The molecule has 0 aliphatic rings. The van der Waals surface area contributed by atoms with Gasteiger partial charge in [0.1, 0.15) is 5.01 Å². The first kappa shape index (κ1) is 18.4. The molecule has 0 fully saturated rings. The van der Waals surface area contributed by atoms with Gasteiger partial charge in [-0.1, -0.05) is 37.3 Å². The van der Waals surface area contributed by atoms with Crippen molar-refractivity contribution in [2.75, 3.05) is 6.61 Å². The quantitative estimate of drug-likeness (QED) is 0.683. The van der Waals surface area contributed by atoms with E-state index in [-0.39, 0.29) is 24.7 Å². The predicted molar refractivity (Wildman–Crippen MR) is 97.1 cm³/mol. The maximum absolute atomic E-state index is 12.3. The third-order valence-electron chi connectivity index (χ3n) is 3.80. The Bertz CT molecular complexity index is 630. The van der Waals surface area contributed by atoms with Gasteiger partial charge in [-0.3, -0.25) is 0 Å². The van der Waals surface area contributed by atoms with E-state index in [1.165, 1.54) is 4.88 Å². The molecule has 6 heteroatoms. The van der Waals surface area contributed by atoms with Gasteiger partial charge in [-0.15, -0.1) is 11.3 Å². The SMILES string of the molecule is CCc1cnc(C(C)NC(=O)NC(CCCO)c2ccccc2)s1. The monoisotopic (exact) mass is 347 g/mol. The molecule has 0 bridgehead atoms. The molecular formula is C18H25N3O2S. The average molecular weight is 347 g/mol. The van der Waals surface area contributed by atoms with Crippen LogP contribution in [0, 0.1) is 0 Å². The van der Waals surface area contributed by atoms with E-state index in [0.29, 0.717) is 12.8 Å². The summed E-state index contributed by atoms with van der Waals surface area (Å²) < 4.78 is 0. The molecule has 2 aromatic rings. The summed E-state index contributed by atoms with van der Waals surface area (Å²) >= 11 is 1.63. The molecule has 2 atom stereocenters. The van der Waals surface area contributed by atoms with Crippen molar-refractivity contribution in [3.63, 3.8) is 0 Å². The minimum atomic E-state index is -0.220. The van der Waals surface area contributed by atoms with Gasteiger partial charge in [0.25, 0.3) is 0 Å². The molecule has 0 spiro atoms. The van der Waals surface area contributed by atoms with Gasteiger partial charge in [-0.25, -0.2) is 9.78 Å². The highest BCUT2D eigenvalue weighted by Gasteiger charge is 2.17. The lowest BCUT2D eigenvalue weighted by Gasteiger charge is -2.21. The van der Waals surface area contributed by atoms with Crippen molar-refractivity contribution in [2.24, 2.45) is 0 Å². The average Bonchev–Trinajstić information content (AvgIpc) is 3.08. The van der Waals surface area contributed by atoms with Gasteiger partial charge >= 0.3 is 6.03 Å². The van der Waals surface area contributed by atoms with Gasteiger partial charge in [0.05, 0.1) is 12.1 Å². The second kappa shape index (κ2) is 9.39. The van der Waals surface area contributed by atoms with Crippen molar-refractivity contribution in [3.05, 3.63) is 52.0 Å². The van der Waals surface area contributed by atoms with Crippen LogP contribution in [-0.2, 0) is 6.42 Å². The summed E-state index contributed by atoms with van der Waals surface area (Å²) in [4.78, 5) is 17.9. The minimum absolute atomic E-state index is 0.113. The van der Waals surface area contributed by atoms with Gasteiger partial charge in [-0.05, 0) is 31.7 Å². The number of amides is 2. The molecule has 0 aliphatic carbocycles. The van der Waals surface area contributed by atoms with Crippen molar-refractivity contribution in [2.45, 2.75) is 45.2 Å². The predicted octanol–water partition coefficient (Wildman–Crippen LogP) is 3.58. The topological polar surface area (TPSA) is 74.2 Å². The van der Waals surface area contributed by atoms with E-state index in [2.05, 4.69) is 22.5 Å². The van der Waals surface area contributed by atoms with Crippen LogP contribution in [0.5, 0.6) is 0 Å². The number of aryl methyl sites for hydroxylation is 1. The standard InChI is InChI=1S/C18H25N3O2S/c1-3-15-12-19-17(24-15)13(2)20-18(23)21-16(10-7-11-22)14-8-5-4-6-9-14/h4-6,8-9,12-13,16,22H,3,7,10-11H2,1-2H3,(H2,20,21,23). The summed E-state index contributed by atoms with van der Waals surface area (Å²) in [7, 11) is 0.